The Balaban J connectivity index is 1.91. The number of rotatable bonds is 4. The van der Waals surface area contributed by atoms with Gasteiger partial charge in [0, 0.05) is 22.3 Å². The van der Waals surface area contributed by atoms with Crippen molar-refractivity contribution in [3.05, 3.63) is 58.6 Å². The third kappa shape index (κ3) is 4.33. The predicted molar refractivity (Wildman–Crippen MR) is 87.6 cm³/mol. The van der Waals surface area contributed by atoms with Crippen molar-refractivity contribution in [1.82, 2.24) is 5.32 Å². The van der Waals surface area contributed by atoms with Crippen molar-refractivity contribution in [3.63, 3.8) is 0 Å². The summed E-state index contributed by atoms with van der Waals surface area (Å²) in [6.45, 7) is 0.219. The molecule has 22 heavy (non-hydrogen) atoms. The van der Waals surface area contributed by atoms with Crippen LogP contribution in [0.4, 0.5) is 5.69 Å². The molecule has 0 atom stereocenters. The van der Waals surface area contributed by atoms with Crippen molar-refractivity contribution in [3.8, 4) is 5.75 Å². The molecule has 114 valence electrons. The number of anilines is 1. The van der Waals surface area contributed by atoms with Crippen molar-refractivity contribution in [1.29, 1.82) is 0 Å². The Kier molecular flexibility index (Phi) is 5.55. The summed E-state index contributed by atoms with van der Waals surface area (Å²) in [6.07, 6.45) is 0. The van der Waals surface area contributed by atoms with E-state index >= 15 is 0 Å². The summed E-state index contributed by atoms with van der Waals surface area (Å²) in [4.78, 5) is 23.6. The number of hydrogen-bond acceptors (Lipinski definition) is 3. The van der Waals surface area contributed by atoms with E-state index in [4.69, 9.17) is 4.74 Å². The lowest BCUT2D eigenvalue weighted by Gasteiger charge is -2.09. The summed E-state index contributed by atoms with van der Waals surface area (Å²) in [5, 5.41) is 5.10. The molecule has 6 heteroatoms. The molecule has 2 rings (SSSR count). The number of carbonyl (C=O) groups is 2. The van der Waals surface area contributed by atoms with E-state index in [0.29, 0.717) is 11.4 Å². The maximum Gasteiger partial charge on any atom is 0.313 e. The molecule has 2 aromatic carbocycles. The van der Waals surface area contributed by atoms with Gasteiger partial charge in [0.05, 0.1) is 7.11 Å². The quantitative estimate of drug-likeness (QED) is 0.821. The Bertz CT molecular complexity index is 671. The Labute approximate surface area is 136 Å². The molecule has 2 N–H and O–H groups in total. The van der Waals surface area contributed by atoms with Gasteiger partial charge < -0.3 is 15.4 Å². The molecule has 0 aliphatic heterocycles. The second-order valence-corrected chi connectivity index (χ2v) is 5.37. The smallest absolute Gasteiger partial charge is 0.313 e. The zero-order valence-corrected chi connectivity index (χ0v) is 13.5. The van der Waals surface area contributed by atoms with Gasteiger partial charge >= 0.3 is 11.8 Å². The normalized spacial score (nSPS) is 9.91. The van der Waals surface area contributed by atoms with E-state index in [-0.39, 0.29) is 6.54 Å². The number of carbonyl (C=O) groups excluding carboxylic acids is 2. The van der Waals surface area contributed by atoms with Gasteiger partial charge in [-0.25, -0.2) is 0 Å². The zero-order chi connectivity index (χ0) is 15.9. The van der Waals surface area contributed by atoms with Crippen LogP contribution in [0.2, 0.25) is 0 Å². The van der Waals surface area contributed by atoms with Crippen LogP contribution in [-0.4, -0.2) is 18.9 Å². The van der Waals surface area contributed by atoms with Crippen LogP contribution in [0.1, 0.15) is 5.56 Å². The Morgan fingerprint density at radius 3 is 2.41 bits per heavy atom. The van der Waals surface area contributed by atoms with E-state index in [1.54, 1.807) is 37.4 Å². The van der Waals surface area contributed by atoms with Crippen LogP contribution in [0.5, 0.6) is 5.75 Å². The molecular formula is C16H15BrN2O3. The molecule has 5 nitrogen and oxygen atoms in total. The third-order valence-electron chi connectivity index (χ3n) is 2.94. The van der Waals surface area contributed by atoms with Crippen molar-refractivity contribution in [2.75, 3.05) is 12.4 Å². The number of ether oxygens (including phenoxy) is 1. The first-order valence-electron chi connectivity index (χ1n) is 6.57. The summed E-state index contributed by atoms with van der Waals surface area (Å²) in [6, 6.07) is 14.3. The molecule has 0 bridgehead atoms. The van der Waals surface area contributed by atoms with Gasteiger partial charge in [-0.2, -0.15) is 0 Å². The maximum absolute atomic E-state index is 11.8. The number of benzene rings is 2. The van der Waals surface area contributed by atoms with Gasteiger partial charge in [-0.15, -0.1) is 0 Å². The minimum atomic E-state index is -0.711. The molecule has 0 saturated heterocycles. The van der Waals surface area contributed by atoms with E-state index in [9.17, 15) is 9.59 Å². The highest BCUT2D eigenvalue weighted by Crippen LogP contribution is 2.17. The van der Waals surface area contributed by atoms with Gasteiger partial charge in [-0.1, -0.05) is 34.1 Å². The average molecular weight is 363 g/mol. The summed E-state index contributed by atoms with van der Waals surface area (Å²) in [5.41, 5.74) is 1.36. The van der Waals surface area contributed by atoms with Crippen LogP contribution in [0.25, 0.3) is 0 Å². The summed E-state index contributed by atoms with van der Waals surface area (Å²) in [5.74, 6) is -0.748. The van der Waals surface area contributed by atoms with Crippen molar-refractivity contribution in [2.24, 2.45) is 0 Å². The highest BCUT2D eigenvalue weighted by molar-refractivity contribution is 9.10. The molecule has 2 aromatic rings. The lowest BCUT2D eigenvalue weighted by molar-refractivity contribution is -0.136. The number of halogens is 1. The van der Waals surface area contributed by atoms with E-state index in [1.165, 1.54) is 0 Å². The van der Waals surface area contributed by atoms with Gasteiger partial charge in [0.15, 0.2) is 0 Å². The zero-order valence-electron chi connectivity index (χ0n) is 11.9. The van der Waals surface area contributed by atoms with E-state index in [2.05, 4.69) is 26.6 Å². The average Bonchev–Trinajstić information content (AvgIpc) is 2.54. The minimum absolute atomic E-state index is 0.219. The van der Waals surface area contributed by atoms with Gasteiger partial charge in [-0.05, 0) is 30.3 Å². The fourth-order valence-corrected chi connectivity index (χ4v) is 2.09. The first kappa shape index (κ1) is 16.0. The second kappa shape index (κ2) is 7.61. The van der Waals surface area contributed by atoms with Crippen LogP contribution in [0.3, 0.4) is 0 Å². The molecular weight excluding hydrogens is 348 g/mol. The van der Waals surface area contributed by atoms with E-state index in [1.807, 2.05) is 18.2 Å². The lowest BCUT2D eigenvalue weighted by atomic mass is 10.2. The highest BCUT2D eigenvalue weighted by atomic mass is 79.9. The Hall–Kier alpha value is -2.34. The molecule has 0 heterocycles. The number of nitrogens with one attached hydrogen (secondary N) is 2. The SMILES string of the molecule is COc1ccccc1CNC(=O)C(=O)Nc1ccc(Br)cc1. The van der Waals surface area contributed by atoms with Gasteiger partial charge in [0.1, 0.15) is 5.75 Å². The second-order valence-electron chi connectivity index (χ2n) is 4.46. The monoisotopic (exact) mass is 362 g/mol. The Morgan fingerprint density at radius 2 is 1.73 bits per heavy atom. The molecule has 0 saturated carbocycles. The first-order valence-corrected chi connectivity index (χ1v) is 7.36. The minimum Gasteiger partial charge on any atom is -0.496 e. The first-order chi connectivity index (χ1) is 10.6. The van der Waals surface area contributed by atoms with Crippen molar-refractivity contribution >= 4 is 33.4 Å². The van der Waals surface area contributed by atoms with Gasteiger partial charge in [0.25, 0.3) is 0 Å². The largest absolute Gasteiger partial charge is 0.496 e. The summed E-state index contributed by atoms with van der Waals surface area (Å²) < 4.78 is 6.08. The topological polar surface area (TPSA) is 67.4 Å². The van der Waals surface area contributed by atoms with Crippen LogP contribution in [-0.2, 0) is 16.1 Å². The van der Waals surface area contributed by atoms with E-state index in [0.717, 1.165) is 10.0 Å². The number of methoxy groups -OCH3 is 1. The van der Waals surface area contributed by atoms with Crippen molar-refractivity contribution < 1.29 is 14.3 Å². The molecule has 0 aliphatic carbocycles. The van der Waals surface area contributed by atoms with Gasteiger partial charge in [-0.3, -0.25) is 9.59 Å². The number of amides is 2. The molecule has 0 aliphatic rings. The summed E-state index contributed by atoms with van der Waals surface area (Å²) in [7, 11) is 1.56. The molecule has 0 unspecified atom stereocenters. The number of para-hydroxylation sites is 1. The standard InChI is InChI=1S/C16H15BrN2O3/c1-22-14-5-3-2-4-11(14)10-18-15(20)16(21)19-13-8-6-12(17)7-9-13/h2-9H,10H2,1H3,(H,18,20)(H,19,21). The lowest BCUT2D eigenvalue weighted by Crippen LogP contribution is -2.35. The fourth-order valence-electron chi connectivity index (χ4n) is 1.83. The molecule has 0 radical (unpaired) electrons. The summed E-state index contributed by atoms with van der Waals surface area (Å²) >= 11 is 3.30. The van der Waals surface area contributed by atoms with Crippen LogP contribution >= 0.6 is 15.9 Å². The third-order valence-corrected chi connectivity index (χ3v) is 3.47. The molecule has 0 fully saturated rings. The fraction of sp³-hybridized carbons (Fsp3) is 0.125. The van der Waals surface area contributed by atoms with Crippen molar-refractivity contribution in [2.45, 2.75) is 6.54 Å². The maximum atomic E-state index is 11.8. The Morgan fingerprint density at radius 1 is 1.05 bits per heavy atom. The van der Waals surface area contributed by atoms with Gasteiger partial charge in [0.2, 0.25) is 0 Å². The number of hydrogen-bond donors (Lipinski definition) is 2. The predicted octanol–water partition coefficient (Wildman–Crippen LogP) is 2.71. The van der Waals surface area contributed by atoms with Crippen LogP contribution < -0.4 is 15.4 Å². The molecule has 2 amide bonds. The van der Waals surface area contributed by atoms with Crippen LogP contribution in [0.15, 0.2) is 53.0 Å². The van der Waals surface area contributed by atoms with Crippen LogP contribution in [0, 0.1) is 0 Å². The molecule has 0 spiro atoms. The molecule has 0 aromatic heterocycles. The van der Waals surface area contributed by atoms with E-state index < -0.39 is 11.8 Å². The highest BCUT2D eigenvalue weighted by Gasteiger charge is 2.14.